The lowest BCUT2D eigenvalue weighted by Crippen LogP contribution is -2.38. The van der Waals surface area contributed by atoms with Gasteiger partial charge in [0, 0.05) is 32.4 Å². The van der Waals surface area contributed by atoms with Gasteiger partial charge in [0.25, 0.3) is 5.91 Å². The Morgan fingerprint density at radius 3 is 2.43 bits per heavy atom. The molecule has 7 heteroatoms. The number of nitrogens with zero attached hydrogens (tertiary/aromatic N) is 1. The smallest absolute Gasteiger partial charge is 0.304 e. The van der Waals surface area contributed by atoms with E-state index in [9.17, 15) is 14.7 Å². The van der Waals surface area contributed by atoms with E-state index < -0.39 is 17.9 Å². The number of carbonyl (C=O) groups is 2. The number of halogens is 2. The molecule has 0 aliphatic carbocycles. The van der Waals surface area contributed by atoms with Crippen LogP contribution in [-0.4, -0.2) is 28.0 Å². The second-order valence-corrected chi connectivity index (χ2v) is 9.80. The molecule has 0 aliphatic heterocycles. The Kier molecular flexibility index (Phi) is 7.53. The first-order chi connectivity index (χ1) is 16.8. The van der Waals surface area contributed by atoms with Gasteiger partial charge in [-0.25, -0.2) is 4.98 Å². The predicted octanol–water partition coefficient (Wildman–Crippen LogP) is 7.00. The van der Waals surface area contributed by atoms with Crippen molar-refractivity contribution in [2.75, 3.05) is 0 Å². The highest BCUT2D eigenvalue weighted by Gasteiger charge is 2.27. The first kappa shape index (κ1) is 24.9. The van der Waals surface area contributed by atoms with Crippen molar-refractivity contribution in [3.63, 3.8) is 0 Å². The molecule has 4 aromatic rings. The number of fused-ring (bicyclic) bond motifs is 1. The number of benzene rings is 3. The summed E-state index contributed by atoms with van der Waals surface area (Å²) in [5.41, 5.74) is 4.29. The van der Waals surface area contributed by atoms with E-state index in [0.29, 0.717) is 27.1 Å². The Labute approximate surface area is 217 Å². The van der Waals surface area contributed by atoms with E-state index in [4.69, 9.17) is 16.6 Å². The van der Waals surface area contributed by atoms with Gasteiger partial charge in [0.15, 0.2) is 0 Å². The minimum Gasteiger partial charge on any atom is -0.481 e. The number of carboxylic acids is 1. The van der Waals surface area contributed by atoms with Crippen LogP contribution < -0.4 is 5.32 Å². The highest BCUT2D eigenvalue weighted by atomic mass is 79.9. The largest absolute Gasteiger partial charge is 0.481 e. The number of aromatic nitrogens is 1. The first-order valence-electron chi connectivity index (χ1n) is 11.2. The van der Waals surface area contributed by atoms with Crippen LogP contribution in [0.25, 0.3) is 22.2 Å². The Hall–Kier alpha value is -3.22. The van der Waals surface area contributed by atoms with E-state index in [2.05, 4.69) is 21.2 Å². The third kappa shape index (κ3) is 5.39. The predicted molar refractivity (Wildman–Crippen MR) is 143 cm³/mol. The topological polar surface area (TPSA) is 79.3 Å². The summed E-state index contributed by atoms with van der Waals surface area (Å²) in [5.74, 6) is -1.75. The quantitative estimate of drug-likeness (QED) is 0.259. The number of carboxylic acid groups (broad SMARTS) is 1. The Morgan fingerprint density at radius 1 is 1.06 bits per heavy atom. The van der Waals surface area contributed by atoms with Crippen LogP contribution in [0, 0.1) is 6.92 Å². The zero-order valence-corrected chi connectivity index (χ0v) is 21.6. The molecular formula is C28H24BrClN2O3. The molecule has 1 aromatic heterocycles. The molecule has 5 nitrogen and oxygen atoms in total. The Morgan fingerprint density at radius 2 is 1.74 bits per heavy atom. The van der Waals surface area contributed by atoms with Gasteiger partial charge >= 0.3 is 5.97 Å². The first-order valence-corrected chi connectivity index (χ1v) is 12.4. The van der Waals surface area contributed by atoms with Crippen LogP contribution in [0.1, 0.15) is 40.7 Å². The molecule has 4 rings (SSSR count). The summed E-state index contributed by atoms with van der Waals surface area (Å²) in [4.78, 5) is 30.3. The molecule has 3 aromatic carbocycles. The summed E-state index contributed by atoms with van der Waals surface area (Å²) in [5, 5.41) is 13.8. The summed E-state index contributed by atoms with van der Waals surface area (Å²) in [6, 6.07) is 22.0. The van der Waals surface area contributed by atoms with Gasteiger partial charge in [-0.1, -0.05) is 76.1 Å². The number of hydrogen-bond donors (Lipinski definition) is 2. The molecule has 0 saturated carbocycles. The van der Waals surface area contributed by atoms with Crippen LogP contribution in [0.5, 0.6) is 0 Å². The minimum atomic E-state index is -0.961. The number of aliphatic carboxylic acids is 1. The van der Waals surface area contributed by atoms with Crippen LogP contribution >= 0.6 is 27.5 Å². The monoisotopic (exact) mass is 550 g/mol. The summed E-state index contributed by atoms with van der Waals surface area (Å²) >= 11 is 9.89. The summed E-state index contributed by atoms with van der Waals surface area (Å²) in [7, 11) is 0. The van der Waals surface area contributed by atoms with E-state index in [0.717, 1.165) is 21.3 Å². The Bertz CT molecular complexity index is 1410. The van der Waals surface area contributed by atoms with Gasteiger partial charge in [-0.05, 0) is 49.2 Å². The third-order valence-corrected chi connectivity index (χ3v) is 6.96. The zero-order valence-electron chi connectivity index (χ0n) is 19.3. The maximum atomic E-state index is 13.8. The average molecular weight is 552 g/mol. The highest BCUT2D eigenvalue weighted by molar-refractivity contribution is 9.10. The van der Waals surface area contributed by atoms with E-state index in [1.807, 2.05) is 68.4 Å². The maximum absolute atomic E-state index is 13.8. The van der Waals surface area contributed by atoms with Gasteiger partial charge in [0.1, 0.15) is 0 Å². The second-order valence-electron chi connectivity index (χ2n) is 8.48. The van der Waals surface area contributed by atoms with Crippen LogP contribution in [0.3, 0.4) is 0 Å². The van der Waals surface area contributed by atoms with Crippen LogP contribution in [0.15, 0.2) is 77.3 Å². The number of carbonyl (C=O) groups excluding carboxylic acids is 1. The van der Waals surface area contributed by atoms with Crippen molar-refractivity contribution in [1.82, 2.24) is 10.3 Å². The van der Waals surface area contributed by atoms with Crippen molar-refractivity contribution in [2.45, 2.75) is 32.2 Å². The van der Waals surface area contributed by atoms with E-state index >= 15 is 0 Å². The Balaban J connectivity index is 1.78. The molecule has 0 fully saturated rings. The number of rotatable bonds is 7. The van der Waals surface area contributed by atoms with Gasteiger partial charge in [-0.2, -0.15) is 0 Å². The molecule has 0 spiro atoms. The fourth-order valence-electron chi connectivity index (χ4n) is 4.40. The third-order valence-electron chi connectivity index (χ3n) is 6.13. The van der Waals surface area contributed by atoms with Gasteiger partial charge in [0.2, 0.25) is 0 Å². The minimum absolute atomic E-state index is 0.165. The highest BCUT2D eigenvalue weighted by Crippen LogP contribution is 2.33. The second kappa shape index (κ2) is 10.6. The SMILES string of the molecule is Cc1c(-c2ccccc2)nc2ccc(Br)cc2c1C(=O)N[C@H](C)[C@H](CC(=O)O)c1ccccc1Cl. The molecule has 2 N–H and O–H groups in total. The average Bonchev–Trinajstić information content (AvgIpc) is 2.83. The van der Waals surface area contributed by atoms with Gasteiger partial charge in [-0.3, -0.25) is 9.59 Å². The molecule has 2 atom stereocenters. The molecule has 1 amide bonds. The van der Waals surface area contributed by atoms with Crippen molar-refractivity contribution in [1.29, 1.82) is 0 Å². The lowest BCUT2D eigenvalue weighted by molar-refractivity contribution is -0.137. The fraction of sp³-hybridized carbons (Fsp3) is 0.179. The molecule has 0 bridgehead atoms. The number of nitrogens with one attached hydrogen (secondary N) is 1. The van der Waals surface area contributed by atoms with Gasteiger partial charge < -0.3 is 10.4 Å². The van der Waals surface area contributed by atoms with Crippen LogP contribution in [0.2, 0.25) is 5.02 Å². The molecule has 0 aliphatic rings. The van der Waals surface area contributed by atoms with Crippen LogP contribution in [0.4, 0.5) is 0 Å². The molecule has 35 heavy (non-hydrogen) atoms. The molecule has 1 heterocycles. The molecule has 0 saturated heterocycles. The number of amides is 1. The van der Waals surface area contributed by atoms with Gasteiger partial charge in [-0.15, -0.1) is 0 Å². The lowest BCUT2D eigenvalue weighted by atomic mass is 9.88. The molecular weight excluding hydrogens is 528 g/mol. The summed E-state index contributed by atoms with van der Waals surface area (Å²) < 4.78 is 0.834. The van der Waals surface area contributed by atoms with Crippen LogP contribution in [-0.2, 0) is 4.79 Å². The van der Waals surface area contributed by atoms with Gasteiger partial charge in [0.05, 0.1) is 23.2 Å². The standard InChI is InChI=1S/C28H24BrClN2O3/c1-16-26(22-14-19(29)12-13-24(22)32-27(16)18-8-4-3-5-9-18)28(35)31-17(2)21(15-25(33)34)20-10-6-7-11-23(20)30/h3-14,17,21H,15H2,1-2H3,(H,31,35)(H,33,34)/t17-,21+/m1/s1. The van der Waals surface area contributed by atoms with E-state index in [-0.39, 0.29) is 12.3 Å². The molecule has 178 valence electrons. The maximum Gasteiger partial charge on any atom is 0.304 e. The number of hydrogen-bond acceptors (Lipinski definition) is 3. The normalized spacial score (nSPS) is 12.8. The summed E-state index contributed by atoms with van der Waals surface area (Å²) in [6.07, 6.45) is -0.165. The van der Waals surface area contributed by atoms with Crippen molar-refractivity contribution in [3.05, 3.63) is 99.0 Å². The molecule has 0 unspecified atom stereocenters. The number of pyridine rings is 1. The van der Waals surface area contributed by atoms with Crippen molar-refractivity contribution < 1.29 is 14.7 Å². The van der Waals surface area contributed by atoms with Crippen molar-refractivity contribution in [2.24, 2.45) is 0 Å². The van der Waals surface area contributed by atoms with E-state index in [1.54, 1.807) is 18.2 Å². The summed E-state index contributed by atoms with van der Waals surface area (Å²) in [6.45, 7) is 3.69. The van der Waals surface area contributed by atoms with E-state index in [1.165, 1.54) is 0 Å². The fourth-order valence-corrected chi connectivity index (χ4v) is 5.04. The lowest BCUT2D eigenvalue weighted by Gasteiger charge is -2.26. The molecule has 0 radical (unpaired) electrons. The zero-order chi connectivity index (χ0) is 25.1. The van der Waals surface area contributed by atoms with Crippen molar-refractivity contribution in [3.8, 4) is 11.3 Å². The van der Waals surface area contributed by atoms with Crippen molar-refractivity contribution >= 4 is 50.3 Å².